The lowest BCUT2D eigenvalue weighted by molar-refractivity contribution is -0.385. The van der Waals surface area contributed by atoms with Crippen molar-refractivity contribution < 1.29 is 24.0 Å². The van der Waals surface area contributed by atoms with Gasteiger partial charge in [-0.15, -0.1) is 11.8 Å². The van der Waals surface area contributed by atoms with Gasteiger partial charge in [-0.25, -0.2) is 0 Å². The Morgan fingerprint density at radius 3 is 2.19 bits per heavy atom. The van der Waals surface area contributed by atoms with Crippen LogP contribution in [0.4, 0.5) is 11.4 Å². The van der Waals surface area contributed by atoms with E-state index < -0.39 is 16.7 Å². The fraction of sp³-hybridized carbons (Fsp3) is 0.0938. The molecule has 0 radical (unpaired) electrons. The number of nitrogens with zero attached hydrogens (tertiary/aromatic N) is 1. The lowest BCUT2D eigenvalue weighted by Gasteiger charge is -2.12. The zero-order valence-electron chi connectivity index (χ0n) is 22.6. The molecule has 0 unspecified atom stereocenters. The highest BCUT2D eigenvalue weighted by Crippen LogP contribution is 2.24. The van der Waals surface area contributed by atoms with Crippen LogP contribution >= 0.6 is 11.8 Å². The molecule has 4 aromatic carbocycles. The molecule has 0 aliphatic heterocycles. The van der Waals surface area contributed by atoms with Crippen LogP contribution in [0.15, 0.2) is 114 Å². The summed E-state index contributed by atoms with van der Waals surface area (Å²) in [7, 11) is 0. The molecule has 0 saturated carbocycles. The summed E-state index contributed by atoms with van der Waals surface area (Å²) < 4.78 is 5.41. The molecule has 0 fully saturated rings. The van der Waals surface area contributed by atoms with Gasteiger partial charge >= 0.3 is 0 Å². The number of Topliss-reactive ketones (excluding diaryl/α,β-unsaturated/α-hetero) is 1. The molecule has 4 rings (SSSR count). The minimum Gasteiger partial charge on any atom is -0.494 e. The Morgan fingerprint density at radius 1 is 0.857 bits per heavy atom. The molecule has 9 nitrogen and oxygen atoms in total. The Hall–Kier alpha value is -5.22. The largest absolute Gasteiger partial charge is 0.494 e. The van der Waals surface area contributed by atoms with Gasteiger partial charge in [0.2, 0.25) is 0 Å². The smallest absolute Gasteiger partial charge is 0.276 e. The molecule has 0 aliphatic carbocycles. The highest BCUT2D eigenvalue weighted by molar-refractivity contribution is 8.00. The number of ether oxygens (including phenoxy) is 1. The Balaban J connectivity index is 1.45. The number of nitro benzene ring substituents is 1. The molecule has 0 aromatic heterocycles. The number of hydrogen-bond donors (Lipinski definition) is 2. The summed E-state index contributed by atoms with van der Waals surface area (Å²) >= 11 is 1.36. The van der Waals surface area contributed by atoms with Crippen molar-refractivity contribution in [3.8, 4) is 5.75 Å². The first-order valence-electron chi connectivity index (χ1n) is 13.0. The van der Waals surface area contributed by atoms with Crippen molar-refractivity contribution >= 4 is 46.8 Å². The van der Waals surface area contributed by atoms with Crippen molar-refractivity contribution in [2.75, 3.05) is 17.7 Å². The molecule has 0 spiro atoms. The van der Waals surface area contributed by atoms with Crippen LogP contribution in [-0.4, -0.2) is 34.9 Å². The van der Waals surface area contributed by atoms with Crippen LogP contribution in [0.3, 0.4) is 0 Å². The third kappa shape index (κ3) is 8.15. The predicted octanol–water partition coefficient (Wildman–Crippen LogP) is 6.38. The molecular formula is C32H27N3O6S. The first-order chi connectivity index (χ1) is 20.3. The summed E-state index contributed by atoms with van der Waals surface area (Å²) in [5.41, 5.74) is 1.12. The van der Waals surface area contributed by atoms with Crippen LogP contribution in [-0.2, 0) is 4.79 Å². The van der Waals surface area contributed by atoms with E-state index in [1.54, 1.807) is 84.9 Å². The van der Waals surface area contributed by atoms with Crippen LogP contribution < -0.4 is 15.4 Å². The van der Waals surface area contributed by atoms with Gasteiger partial charge in [0, 0.05) is 27.8 Å². The molecule has 0 aliphatic rings. The standard InChI is InChI=1S/C32H27N3O6S/c1-2-41-26-16-12-22(13-17-26)30(36)21-42-27-18-14-25(15-19-27)33-32(38)28(34-31(37)23-8-4-3-5-9-23)20-24-10-6-7-11-29(24)35(39)40/h3-20H,2,21H2,1H3,(H,33,38)(H,34,37)/b28-20-. The molecule has 4 aromatic rings. The van der Waals surface area contributed by atoms with Gasteiger partial charge in [-0.2, -0.15) is 0 Å². The number of ketones is 1. The van der Waals surface area contributed by atoms with Gasteiger partial charge < -0.3 is 15.4 Å². The maximum absolute atomic E-state index is 13.3. The number of hydrogen-bond acceptors (Lipinski definition) is 7. The van der Waals surface area contributed by atoms with Crippen molar-refractivity contribution in [2.24, 2.45) is 0 Å². The number of thioether (sulfide) groups is 1. The monoisotopic (exact) mass is 581 g/mol. The zero-order chi connectivity index (χ0) is 29.9. The fourth-order valence-corrected chi connectivity index (χ4v) is 4.64. The third-order valence-corrected chi connectivity index (χ3v) is 6.94. The van der Waals surface area contributed by atoms with E-state index in [2.05, 4.69) is 10.6 Å². The van der Waals surface area contributed by atoms with E-state index in [-0.39, 0.29) is 28.5 Å². The second-order valence-electron chi connectivity index (χ2n) is 8.84. The van der Waals surface area contributed by atoms with E-state index in [4.69, 9.17) is 4.74 Å². The molecule has 10 heteroatoms. The van der Waals surface area contributed by atoms with Crippen molar-refractivity contribution in [1.29, 1.82) is 0 Å². The highest BCUT2D eigenvalue weighted by atomic mass is 32.2. The predicted molar refractivity (Wildman–Crippen MR) is 163 cm³/mol. The Morgan fingerprint density at radius 2 is 1.52 bits per heavy atom. The molecular weight excluding hydrogens is 554 g/mol. The average molecular weight is 582 g/mol. The summed E-state index contributed by atoms with van der Waals surface area (Å²) in [6, 6.07) is 28.1. The fourth-order valence-electron chi connectivity index (χ4n) is 3.84. The molecule has 42 heavy (non-hydrogen) atoms. The highest BCUT2D eigenvalue weighted by Gasteiger charge is 2.18. The molecule has 0 atom stereocenters. The van der Waals surface area contributed by atoms with Crippen molar-refractivity contribution in [1.82, 2.24) is 5.32 Å². The molecule has 2 N–H and O–H groups in total. The van der Waals surface area contributed by atoms with E-state index in [0.717, 1.165) is 4.90 Å². The summed E-state index contributed by atoms with van der Waals surface area (Å²) in [6.07, 6.45) is 1.27. The lowest BCUT2D eigenvalue weighted by atomic mass is 10.1. The number of carbonyl (C=O) groups excluding carboxylic acids is 3. The minimum absolute atomic E-state index is 0.0284. The van der Waals surface area contributed by atoms with Crippen LogP contribution in [0.1, 0.15) is 33.2 Å². The molecule has 212 valence electrons. The molecule has 2 amide bonds. The van der Waals surface area contributed by atoms with Gasteiger partial charge in [0.25, 0.3) is 17.5 Å². The van der Waals surface area contributed by atoms with Crippen LogP contribution in [0, 0.1) is 10.1 Å². The quantitative estimate of drug-likeness (QED) is 0.0653. The Kier molecular flexibility index (Phi) is 10.2. The van der Waals surface area contributed by atoms with Crippen LogP contribution in [0.25, 0.3) is 6.08 Å². The van der Waals surface area contributed by atoms with Crippen molar-refractivity contribution in [3.63, 3.8) is 0 Å². The summed E-state index contributed by atoms with van der Waals surface area (Å²) in [4.78, 5) is 50.5. The van der Waals surface area contributed by atoms with Crippen molar-refractivity contribution in [3.05, 3.63) is 136 Å². The van der Waals surface area contributed by atoms with Crippen molar-refractivity contribution in [2.45, 2.75) is 11.8 Å². The van der Waals surface area contributed by atoms with Gasteiger partial charge in [0.05, 0.1) is 22.8 Å². The minimum atomic E-state index is -0.663. The molecule has 0 heterocycles. The summed E-state index contributed by atoms with van der Waals surface area (Å²) in [5.74, 6) is -0.296. The maximum Gasteiger partial charge on any atom is 0.276 e. The topological polar surface area (TPSA) is 128 Å². The SMILES string of the molecule is CCOc1ccc(C(=O)CSc2ccc(NC(=O)/C(=C/c3ccccc3[N+](=O)[O-])NC(=O)c3ccccc3)cc2)cc1. The van der Waals surface area contributed by atoms with Gasteiger partial charge in [-0.1, -0.05) is 30.3 Å². The van der Waals surface area contributed by atoms with Crippen LogP contribution in [0.5, 0.6) is 5.75 Å². The number of rotatable bonds is 12. The van der Waals surface area contributed by atoms with E-state index in [0.29, 0.717) is 29.2 Å². The van der Waals surface area contributed by atoms with Gasteiger partial charge in [0.1, 0.15) is 11.4 Å². The number of nitrogens with one attached hydrogen (secondary N) is 2. The van der Waals surface area contributed by atoms with E-state index in [9.17, 15) is 24.5 Å². The van der Waals surface area contributed by atoms with E-state index in [1.807, 2.05) is 6.92 Å². The van der Waals surface area contributed by atoms with Gasteiger partial charge in [-0.05, 0) is 79.7 Å². The van der Waals surface area contributed by atoms with E-state index >= 15 is 0 Å². The number of benzene rings is 4. The number of carbonyl (C=O) groups is 3. The maximum atomic E-state index is 13.3. The second kappa shape index (κ2) is 14.4. The Labute approximate surface area is 246 Å². The molecule has 0 saturated heterocycles. The van der Waals surface area contributed by atoms with Crippen LogP contribution in [0.2, 0.25) is 0 Å². The lowest BCUT2D eigenvalue weighted by Crippen LogP contribution is -2.30. The van der Waals surface area contributed by atoms with Gasteiger partial charge in [-0.3, -0.25) is 24.5 Å². The zero-order valence-corrected chi connectivity index (χ0v) is 23.4. The second-order valence-corrected chi connectivity index (χ2v) is 9.89. The number of para-hydroxylation sites is 1. The van der Waals surface area contributed by atoms with Gasteiger partial charge in [0.15, 0.2) is 5.78 Å². The van der Waals surface area contributed by atoms with E-state index in [1.165, 1.54) is 36.0 Å². The third-order valence-electron chi connectivity index (χ3n) is 5.93. The molecule has 0 bridgehead atoms. The first-order valence-corrected chi connectivity index (χ1v) is 13.9. The average Bonchev–Trinajstić information content (AvgIpc) is 3.01. The number of anilines is 1. The summed E-state index contributed by atoms with van der Waals surface area (Å²) in [5, 5.41) is 16.8. The number of nitro groups is 1. The normalized spacial score (nSPS) is 10.9. The summed E-state index contributed by atoms with van der Waals surface area (Å²) in [6.45, 7) is 2.44. The Bertz CT molecular complexity index is 1600. The number of amides is 2. The first kappa shape index (κ1) is 29.8.